The Labute approximate surface area is 171 Å². The summed E-state index contributed by atoms with van der Waals surface area (Å²) < 4.78 is 53.6. The molecule has 30 heavy (non-hydrogen) atoms. The Morgan fingerprint density at radius 2 is 1.90 bits per heavy atom. The van der Waals surface area contributed by atoms with Crippen LogP contribution < -0.4 is 10.1 Å². The van der Waals surface area contributed by atoms with Gasteiger partial charge in [0, 0.05) is 17.5 Å². The molecule has 1 aromatic carbocycles. The Kier molecular flexibility index (Phi) is 7.12. The number of benzene rings is 1. The van der Waals surface area contributed by atoms with Gasteiger partial charge in [-0.2, -0.15) is 13.2 Å². The first-order chi connectivity index (χ1) is 14.0. The van der Waals surface area contributed by atoms with Crippen LogP contribution in [-0.2, 0) is 32.1 Å². The summed E-state index contributed by atoms with van der Waals surface area (Å²) in [5, 5.41) is 1.82. The van der Waals surface area contributed by atoms with Gasteiger partial charge in [0.2, 0.25) is 0 Å². The molecule has 0 atom stereocenters. The fraction of sp³-hybridized carbons (Fsp3) is 0.450. The minimum atomic E-state index is -5.14. The van der Waals surface area contributed by atoms with Crippen molar-refractivity contribution in [1.29, 1.82) is 0 Å². The summed E-state index contributed by atoms with van der Waals surface area (Å²) in [4.78, 5) is 35.1. The van der Waals surface area contributed by atoms with E-state index in [9.17, 15) is 27.6 Å². The number of nitrogens with one attached hydrogen (secondary N) is 1. The molecule has 0 bridgehead atoms. The predicted molar refractivity (Wildman–Crippen MR) is 100 cm³/mol. The van der Waals surface area contributed by atoms with Crippen LogP contribution in [0, 0.1) is 6.92 Å². The van der Waals surface area contributed by atoms with Crippen LogP contribution >= 0.6 is 0 Å². The second-order valence-corrected chi connectivity index (χ2v) is 6.72. The van der Waals surface area contributed by atoms with Gasteiger partial charge >= 0.3 is 24.0 Å². The number of carbonyl (C=O) groups excluding carboxylic acids is 3. The molecule has 1 heterocycles. The number of hydrogen-bond donors (Lipinski definition) is 1. The summed E-state index contributed by atoms with van der Waals surface area (Å²) >= 11 is 0. The third kappa shape index (κ3) is 4.92. The number of allylic oxidation sites excluding steroid dienone is 2. The third-order valence-corrected chi connectivity index (χ3v) is 4.78. The average molecular weight is 429 g/mol. The number of anilines is 1. The first kappa shape index (κ1) is 23.2. The van der Waals surface area contributed by atoms with Crippen molar-refractivity contribution in [2.75, 3.05) is 19.5 Å². The zero-order valence-corrected chi connectivity index (χ0v) is 17.0. The second-order valence-electron chi connectivity index (χ2n) is 6.72. The Balaban J connectivity index is 2.52. The van der Waals surface area contributed by atoms with E-state index in [1.54, 1.807) is 19.9 Å². The maximum atomic E-state index is 12.9. The van der Waals surface area contributed by atoms with Gasteiger partial charge in [-0.05, 0) is 32.3 Å². The number of rotatable bonds is 7. The molecular weight excluding hydrogens is 407 g/mol. The van der Waals surface area contributed by atoms with Gasteiger partial charge in [-0.3, -0.25) is 9.59 Å². The standard InChI is InChI=1S/C20H22F3NO6/c1-10(6-8-14(25)28-3)5-7-12-16(24-19(27)20(21,22)23)15-13(9-30-18(15)26)11(2)17(12)29-4/h5H,6-9H2,1-4H3,(H,24,27)/b10-5+. The number of carbonyl (C=O) groups is 3. The lowest BCUT2D eigenvalue weighted by Gasteiger charge is -2.20. The Hall–Kier alpha value is -3.04. The lowest BCUT2D eigenvalue weighted by molar-refractivity contribution is -0.167. The lowest BCUT2D eigenvalue weighted by atomic mass is 9.93. The first-order valence-corrected chi connectivity index (χ1v) is 9.01. The molecule has 164 valence electrons. The summed E-state index contributed by atoms with van der Waals surface area (Å²) in [5.41, 5.74) is 1.50. The van der Waals surface area contributed by atoms with Crippen molar-refractivity contribution < 1.29 is 41.8 Å². The van der Waals surface area contributed by atoms with Gasteiger partial charge in [-0.25, -0.2) is 4.79 Å². The number of ether oxygens (including phenoxy) is 3. The molecule has 0 radical (unpaired) electrons. The molecule has 1 N–H and O–H groups in total. The Bertz CT molecular complexity index is 905. The molecule has 7 nitrogen and oxygen atoms in total. The highest BCUT2D eigenvalue weighted by Gasteiger charge is 2.41. The summed E-state index contributed by atoms with van der Waals surface area (Å²) in [6.07, 6.45) is -2.87. The molecule has 10 heteroatoms. The molecule has 1 aliphatic rings. The molecule has 0 saturated heterocycles. The molecular formula is C20H22F3NO6. The van der Waals surface area contributed by atoms with E-state index in [0.29, 0.717) is 17.5 Å². The second kappa shape index (κ2) is 9.19. The normalized spacial score (nSPS) is 13.6. The van der Waals surface area contributed by atoms with Crippen molar-refractivity contribution in [3.63, 3.8) is 0 Å². The SMILES string of the molecule is COC(=O)CC/C(C)=C/Cc1c(NC(=O)C(F)(F)F)c2c(c(C)c1OC)COC2=O. The van der Waals surface area contributed by atoms with Crippen LogP contribution in [0.3, 0.4) is 0 Å². The van der Waals surface area contributed by atoms with Crippen molar-refractivity contribution in [3.8, 4) is 5.75 Å². The number of hydrogen-bond acceptors (Lipinski definition) is 6. The topological polar surface area (TPSA) is 90.9 Å². The number of fused-ring (bicyclic) bond motifs is 1. The molecule has 2 rings (SSSR count). The van der Waals surface area contributed by atoms with E-state index in [1.165, 1.54) is 14.2 Å². The highest BCUT2D eigenvalue weighted by molar-refractivity contribution is 6.07. The summed E-state index contributed by atoms with van der Waals surface area (Å²) in [5.74, 6) is -3.17. The zero-order valence-electron chi connectivity index (χ0n) is 17.0. The maximum absolute atomic E-state index is 12.9. The Morgan fingerprint density at radius 3 is 2.47 bits per heavy atom. The van der Waals surface area contributed by atoms with Gasteiger partial charge in [-0.15, -0.1) is 0 Å². The number of cyclic esters (lactones) is 1. The molecule has 0 spiro atoms. The van der Waals surface area contributed by atoms with E-state index in [-0.39, 0.29) is 42.0 Å². The predicted octanol–water partition coefficient (Wildman–Crippen LogP) is 3.62. The van der Waals surface area contributed by atoms with E-state index < -0.39 is 24.0 Å². The summed E-state index contributed by atoms with van der Waals surface area (Å²) in [6, 6.07) is 0. The quantitative estimate of drug-likeness (QED) is 0.526. The first-order valence-electron chi connectivity index (χ1n) is 9.01. The molecule has 0 aliphatic carbocycles. The molecule has 0 unspecified atom stereocenters. The Morgan fingerprint density at radius 1 is 1.23 bits per heavy atom. The minimum absolute atomic E-state index is 0.0606. The lowest BCUT2D eigenvalue weighted by Crippen LogP contribution is -2.31. The molecule has 0 fully saturated rings. The van der Waals surface area contributed by atoms with Crippen molar-refractivity contribution >= 4 is 23.5 Å². The van der Waals surface area contributed by atoms with Crippen LogP contribution in [0.5, 0.6) is 5.75 Å². The van der Waals surface area contributed by atoms with E-state index in [2.05, 4.69) is 4.74 Å². The van der Waals surface area contributed by atoms with E-state index in [4.69, 9.17) is 9.47 Å². The van der Waals surface area contributed by atoms with Gasteiger partial charge in [0.05, 0.1) is 25.5 Å². The van der Waals surface area contributed by atoms with Crippen LogP contribution in [0.15, 0.2) is 11.6 Å². The highest BCUT2D eigenvalue weighted by atomic mass is 19.4. The fourth-order valence-corrected chi connectivity index (χ4v) is 3.15. The zero-order chi connectivity index (χ0) is 22.6. The number of methoxy groups -OCH3 is 2. The number of amides is 1. The van der Waals surface area contributed by atoms with Crippen molar-refractivity contribution in [1.82, 2.24) is 0 Å². The molecule has 0 aromatic heterocycles. The van der Waals surface area contributed by atoms with Gasteiger partial charge in [0.1, 0.15) is 12.4 Å². The van der Waals surface area contributed by atoms with Crippen LogP contribution in [0.4, 0.5) is 18.9 Å². The van der Waals surface area contributed by atoms with E-state index >= 15 is 0 Å². The van der Waals surface area contributed by atoms with Gasteiger partial charge in [-0.1, -0.05) is 11.6 Å². The van der Waals surface area contributed by atoms with E-state index in [1.807, 2.05) is 5.32 Å². The number of halogens is 3. The van der Waals surface area contributed by atoms with Crippen molar-refractivity contribution in [3.05, 3.63) is 33.9 Å². The van der Waals surface area contributed by atoms with Crippen LogP contribution in [0.25, 0.3) is 0 Å². The molecule has 1 aliphatic heterocycles. The smallest absolute Gasteiger partial charge is 0.471 e. The van der Waals surface area contributed by atoms with E-state index in [0.717, 1.165) is 5.57 Å². The van der Waals surface area contributed by atoms with Crippen molar-refractivity contribution in [2.24, 2.45) is 0 Å². The van der Waals surface area contributed by atoms with Gasteiger partial charge < -0.3 is 19.5 Å². The van der Waals surface area contributed by atoms with Crippen LogP contribution in [0.1, 0.15) is 46.8 Å². The minimum Gasteiger partial charge on any atom is -0.496 e. The molecule has 0 saturated carbocycles. The van der Waals surface area contributed by atoms with Crippen LogP contribution in [0.2, 0.25) is 0 Å². The maximum Gasteiger partial charge on any atom is 0.471 e. The number of alkyl halides is 3. The largest absolute Gasteiger partial charge is 0.496 e. The average Bonchev–Trinajstić information content (AvgIpc) is 3.07. The van der Waals surface area contributed by atoms with Gasteiger partial charge in [0.15, 0.2) is 0 Å². The fourth-order valence-electron chi connectivity index (χ4n) is 3.15. The molecule has 1 aromatic rings. The summed E-state index contributed by atoms with van der Waals surface area (Å²) in [6.45, 7) is 3.28. The van der Waals surface area contributed by atoms with Crippen LogP contribution in [-0.4, -0.2) is 38.2 Å². The van der Waals surface area contributed by atoms with Gasteiger partial charge in [0.25, 0.3) is 0 Å². The highest BCUT2D eigenvalue weighted by Crippen LogP contribution is 2.42. The number of esters is 2. The third-order valence-electron chi connectivity index (χ3n) is 4.78. The van der Waals surface area contributed by atoms with Crippen molar-refractivity contribution in [2.45, 2.75) is 45.9 Å². The summed E-state index contributed by atoms with van der Waals surface area (Å²) in [7, 11) is 2.62. The molecule has 1 amide bonds. The monoisotopic (exact) mass is 429 g/mol.